The molecule has 64 valence electrons. The zero-order valence-corrected chi connectivity index (χ0v) is 8.82. The van der Waals surface area contributed by atoms with E-state index in [1.54, 1.807) is 0 Å². The van der Waals surface area contributed by atoms with E-state index in [0.717, 1.165) is 17.4 Å². The molecule has 0 aromatic rings. The van der Waals surface area contributed by atoms with E-state index in [0.29, 0.717) is 6.00 Å². The summed E-state index contributed by atoms with van der Waals surface area (Å²) in [6.45, 7) is 1.21. The van der Waals surface area contributed by atoms with Crippen LogP contribution in [0.3, 0.4) is 0 Å². The van der Waals surface area contributed by atoms with Gasteiger partial charge in [-0.2, -0.15) is 0 Å². The average Bonchev–Trinajstić information content (AvgIpc) is 1.84. The maximum atomic E-state index is 8.47. The Labute approximate surface area is 78.1 Å². The molecule has 0 heterocycles. The summed E-state index contributed by atoms with van der Waals surface area (Å²) in [5.41, 5.74) is 0. The molecule has 0 amide bonds. The molecule has 1 N–H and O–H groups in total. The van der Waals surface area contributed by atoms with Crippen molar-refractivity contribution in [2.24, 2.45) is 0 Å². The van der Waals surface area contributed by atoms with Crippen LogP contribution < -0.4 is 17.0 Å². The van der Waals surface area contributed by atoms with Crippen molar-refractivity contribution in [1.82, 2.24) is 0 Å². The first-order valence-corrected chi connectivity index (χ1v) is 3.64. The van der Waals surface area contributed by atoms with Crippen LogP contribution >= 0.6 is 11.6 Å². The predicted octanol–water partition coefficient (Wildman–Crippen LogP) is -2.35. The molecule has 0 aromatic heterocycles. The number of alkyl halides is 1. The van der Waals surface area contributed by atoms with Gasteiger partial charge in [0.1, 0.15) is 0 Å². The third-order valence-corrected chi connectivity index (χ3v) is 1.89. The summed E-state index contributed by atoms with van der Waals surface area (Å²) in [6.07, 6.45) is 0.833. The molecule has 0 aromatic carbocycles. The largest absolute Gasteiger partial charge is 1.00 e. The van der Waals surface area contributed by atoms with Gasteiger partial charge in [-0.3, -0.25) is 0 Å². The average molecular weight is 233 g/mol. The Morgan fingerprint density at radius 3 is 2.20 bits per heavy atom. The van der Waals surface area contributed by atoms with E-state index >= 15 is 0 Å². The zero-order chi connectivity index (χ0) is 7.33. The lowest BCUT2D eigenvalue weighted by atomic mass is 10.4. The van der Waals surface area contributed by atoms with Crippen molar-refractivity contribution >= 4 is 11.6 Å². The molecule has 0 unspecified atom stereocenters. The van der Waals surface area contributed by atoms with E-state index in [-0.39, 0.29) is 23.6 Å². The van der Waals surface area contributed by atoms with E-state index in [4.69, 9.17) is 16.7 Å². The molecule has 0 bridgehead atoms. The quantitative estimate of drug-likeness (QED) is 0.327. The van der Waals surface area contributed by atoms with E-state index in [1.165, 1.54) is 0 Å². The third-order valence-electron chi connectivity index (χ3n) is 1.25. The number of aliphatic hydroxyl groups is 1. The first-order valence-electron chi connectivity index (χ1n) is 3.11. The maximum Gasteiger partial charge on any atom is 0.154 e. The molecule has 0 fully saturated rings. The van der Waals surface area contributed by atoms with Crippen LogP contribution in [0, 0.1) is 0 Å². The SMILES string of the molecule is C[N+](C)(CCl)CCCO.[Br-]. The molecular formula is C6H15BrClNO. The number of nitrogens with zero attached hydrogens (tertiary/aromatic N) is 1. The van der Waals surface area contributed by atoms with Gasteiger partial charge in [0.25, 0.3) is 0 Å². The van der Waals surface area contributed by atoms with Gasteiger partial charge in [-0.25, -0.2) is 0 Å². The van der Waals surface area contributed by atoms with Crippen molar-refractivity contribution in [2.75, 3.05) is 33.3 Å². The summed E-state index contributed by atoms with van der Waals surface area (Å²) < 4.78 is 0.780. The first-order chi connectivity index (χ1) is 4.12. The number of aliphatic hydroxyl groups excluding tert-OH is 1. The fourth-order valence-corrected chi connectivity index (χ4v) is 0.678. The van der Waals surface area contributed by atoms with Crippen molar-refractivity contribution in [3.63, 3.8) is 0 Å². The highest BCUT2D eigenvalue weighted by Crippen LogP contribution is 1.99. The monoisotopic (exact) mass is 231 g/mol. The van der Waals surface area contributed by atoms with Gasteiger partial charge in [-0.1, -0.05) is 11.6 Å². The topological polar surface area (TPSA) is 20.2 Å². The van der Waals surface area contributed by atoms with Crippen LogP contribution in [0.2, 0.25) is 0 Å². The Morgan fingerprint density at radius 1 is 1.40 bits per heavy atom. The maximum absolute atomic E-state index is 8.47. The number of halogens is 2. The van der Waals surface area contributed by atoms with Crippen molar-refractivity contribution < 1.29 is 26.6 Å². The lowest BCUT2D eigenvalue weighted by Crippen LogP contribution is -3.00. The molecule has 0 aliphatic rings. The number of rotatable bonds is 4. The van der Waals surface area contributed by atoms with Crippen LogP contribution in [0.1, 0.15) is 6.42 Å². The molecule has 2 nitrogen and oxygen atoms in total. The molecule has 0 saturated heterocycles. The van der Waals surface area contributed by atoms with E-state index in [2.05, 4.69) is 0 Å². The summed E-state index contributed by atoms with van der Waals surface area (Å²) in [5, 5.41) is 8.47. The molecule has 0 saturated carbocycles. The zero-order valence-electron chi connectivity index (χ0n) is 6.48. The smallest absolute Gasteiger partial charge is 0.154 e. The molecule has 0 atom stereocenters. The van der Waals surface area contributed by atoms with Crippen LogP contribution in [-0.2, 0) is 0 Å². The Balaban J connectivity index is 0. The summed E-state index contributed by atoms with van der Waals surface area (Å²) in [4.78, 5) is 0. The molecule has 0 spiro atoms. The van der Waals surface area contributed by atoms with Gasteiger partial charge in [-0.05, 0) is 0 Å². The highest BCUT2D eigenvalue weighted by atomic mass is 79.9. The van der Waals surface area contributed by atoms with E-state index in [1.807, 2.05) is 14.1 Å². The fourth-order valence-electron chi connectivity index (χ4n) is 0.559. The minimum absolute atomic E-state index is 0. The first kappa shape index (κ1) is 13.3. The van der Waals surface area contributed by atoms with E-state index < -0.39 is 0 Å². The molecule has 0 aliphatic carbocycles. The Hall–Kier alpha value is 0.690. The molecule has 0 aliphatic heterocycles. The highest BCUT2D eigenvalue weighted by Gasteiger charge is 2.10. The number of hydrogen-bond donors (Lipinski definition) is 1. The van der Waals surface area contributed by atoms with E-state index in [9.17, 15) is 0 Å². The summed E-state index contributed by atoms with van der Waals surface area (Å²) in [7, 11) is 4.09. The normalized spacial score (nSPS) is 10.8. The van der Waals surface area contributed by atoms with Crippen LogP contribution in [0.5, 0.6) is 0 Å². The van der Waals surface area contributed by atoms with Crippen molar-refractivity contribution in [3.05, 3.63) is 0 Å². The predicted molar refractivity (Wildman–Crippen MR) is 39.4 cm³/mol. The standard InChI is InChI=1S/C6H15ClNO.BrH/c1-8(2,6-7)4-3-5-9;/h9H,3-6H2,1-2H3;1H/q+1;/p-1. The van der Waals surface area contributed by atoms with Gasteiger partial charge in [0.15, 0.2) is 6.00 Å². The summed E-state index contributed by atoms with van der Waals surface area (Å²) in [6, 6.07) is 0.611. The van der Waals surface area contributed by atoms with Crippen LogP contribution in [0.4, 0.5) is 0 Å². The van der Waals surface area contributed by atoms with Crippen LogP contribution in [0.15, 0.2) is 0 Å². The summed E-state index contributed by atoms with van der Waals surface area (Å²) in [5.74, 6) is 0. The third kappa shape index (κ3) is 6.81. The Bertz CT molecular complexity index is 80.1. The molecule has 0 rings (SSSR count). The van der Waals surface area contributed by atoms with Crippen LogP contribution in [0.25, 0.3) is 0 Å². The lowest BCUT2D eigenvalue weighted by molar-refractivity contribution is -0.879. The van der Waals surface area contributed by atoms with Crippen molar-refractivity contribution in [2.45, 2.75) is 6.42 Å². The second-order valence-electron chi connectivity index (χ2n) is 2.86. The number of quaternary nitrogens is 1. The van der Waals surface area contributed by atoms with Gasteiger partial charge in [0.2, 0.25) is 0 Å². The highest BCUT2D eigenvalue weighted by molar-refractivity contribution is 6.16. The molecule has 4 heteroatoms. The Kier molecular flexibility index (Phi) is 8.51. The minimum atomic E-state index is 0. The second-order valence-corrected chi connectivity index (χ2v) is 3.10. The second kappa shape index (κ2) is 6.40. The van der Waals surface area contributed by atoms with Gasteiger partial charge >= 0.3 is 0 Å². The molecular weight excluding hydrogens is 217 g/mol. The summed E-state index contributed by atoms with van der Waals surface area (Å²) >= 11 is 5.62. The van der Waals surface area contributed by atoms with Crippen molar-refractivity contribution in [3.8, 4) is 0 Å². The van der Waals surface area contributed by atoms with Crippen LogP contribution in [-0.4, -0.2) is 42.8 Å². The molecule has 0 radical (unpaired) electrons. The molecule has 10 heavy (non-hydrogen) atoms. The van der Waals surface area contributed by atoms with Crippen molar-refractivity contribution in [1.29, 1.82) is 0 Å². The fraction of sp³-hybridized carbons (Fsp3) is 1.00. The van der Waals surface area contributed by atoms with Gasteiger partial charge in [-0.15, -0.1) is 0 Å². The van der Waals surface area contributed by atoms with Gasteiger partial charge in [0.05, 0.1) is 20.6 Å². The van der Waals surface area contributed by atoms with Gasteiger partial charge in [0, 0.05) is 13.0 Å². The lowest BCUT2D eigenvalue weighted by Gasteiger charge is -2.26. The minimum Gasteiger partial charge on any atom is -1.00 e. The van der Waals surface area contributed by atoms with Gasteiger partial charge < -0.3 is 26.6 Å². The number of hydrogen-bond acceptors (Lipinski definition) is 1. The Morgan fingerprint density at radius 2 is 1.90 bits per heavy atom.